The van der Waals surface area contributed by atoms with E-state index >= 15 is 0 Å². The molecule has 0 saturated carbocycles. The Morgan fingerprint density at radius 2 is 2.20 bits per heavy atom. The van der Waals surface area contributed by atoms with Gasteiger partial charge in [-0.1, -0.05) is 6.07 Å². The molecule has 0 atom stereocenters. The van der Waals surface area contributed by atoms with Crippen molar-refractivity contribution in [2.75, 3.05) is 5.32 Å². The number of aryl methyl sites for hydroxylation is 1. The highest BCUT2D eigenvalue weighted by Gasteiger charge is 2.10. The Morgan fingerprint density at radius 1 is 1.45 bits per heavy atom. The lowest BCUT2D eigenvalue weighted by molar-refractivity contribution is -0.384. The summed E-state index contributed by atoms with van der Waals surface area (Å²) in [6, 6.07) is 5.16. The summed E-state index contributed by atoms with van der Waals surface area (Å²) < 4.78 is 2.07. The van der Waals surface area contributed by atoms with E-state index in [0.29, 0.717) is 12.6 Å². The van der Waals surface area contributed by atoms with Crippen LogP contribution in [-0.2, 0) is 6.54 Å². The van der Waals surface area contributed by atoms with Crippen molar-refractivity contribution in [1.82, 2.24) is 9.55 Å². The average molecular weight is 274 g/mol. The molecule has 0 aliphatic heterocycles. The SMILES string of the molecule is Cc1ccc([N+](=O)[O-])cc1NCc1cncn1C(C)C. The molecule has 0 unspecified atom stereocenters. The number of benzene rings is 1. The molecular formula is C14H18N4O2. The van der Waals surface area contributed by atoms with E-state index < -0.39 is 0 Å². The van der Waals surface area contributed by atoms with Gasteiger partial charge >= 0.3 is 0 Å². The number of anilines is 1. The van der Waals surface area contributed by atoms with E-state index in [1.807, 2.05) is 6.92 Å². The van der Waals surface area contributed by atoms with Crippen molar-refractivity contribution >= 4 is 11.4 Å². The Labute approximate surface area is 117 Å². The van der Waals surface area contributed by atoms with Gasteiger partial charge in [0.25, 0.3) is 5.69 Å². The van der Waals surface area contributed by atoms with Crippen LogP contribution in [0.25, 0.3) is 0 Å². The quantitative estimate of drug-likeness (QED) is 0.670. The van der Waals surface area contributed by atoms with Gasteiger partial charge in [0, 0.05) is 30.1 Å². The van der Waals surface area contributed by atoms with Crippen LogP contribution in [0, 0.1) is 17.0 Å². The molecule has 1 aromatic heterocycles. The van der Waals surface area contributed by atoms with Crippen LogP contribution < -0.4 is 5.32 Å². The molecule has 1 N–H and O–H groups in total. The van der Waals surface area contributed by atoms with Crippen LogP contribution in [0.1, 0.15) is 31.1 Å². The maximum Gasteiger partial charge on any atom is 0.271 e. The first-order chi connectivity index (χ1) is 9.49. The smallest absolute Gasteiger partial charge is 0.271 e. The second-order valence-electron chi connectivity index (χ2n) is 5.00. The van der Waals surface area contributed by atoms with E-state index in [2.05, 4.69) is 28.7 Å². The van der Waals surface area contributed by atoms with Crippen molar-refractivity contribution in [1.29, 1.82) is 0 Å². The summed E-state index contributed by atoms with van der Waals surface area (Å²) in [6.45, 7) is 6.68. The molecule has 0 radical (unpaired) electrons. The molecule has 20 heavy (non-hydrogen) atoms. The van der Waals surface area contributed by atoms with Gasteiger partial charge in [-0.3, -0.25) is 10.1 Å². The van der Waals surface area contributed by atoms with Crippen LogP contribution in [-0.4, -0.2) is 14.5 Å². The molecule has 0 saturated heterocycles. The molecule has 0 amide bonds. The maximum atomic E-state index is 10.8. The third-order valence-electron chi connectivity index (χ3n) is 3.19. The van der Waals surface area contributed by atoms with E-state index in [0.717, 1.165) is 16.9 Å². The van der Waals surface area contributed by atoms with Gasteiger partial charge in [0.1, 0.15) is 0 Å². The van der Waals surface area contributed by atoms with Crippen LogP contribution in [0.5, 0.6) is 0 Å². The van der Waals surface area contributed by atoms with Crippen molar-refractivity contribution in [2.24, 2.45) is 0 Å². The molecule has 0 bridgehead atoms. The molecule has 2 aromatic rings. The lowest BCUT2D eigenvalue weighted by atomic mass is 10.2. The van der Waals surface area contributed by atoms with Crippen LogP contribution >= 0.6 is 0 Å². The number of nitro benzene ring substituents is 1. The van der Waals surface area contributed by atoms with E-state index in [1.165, 1.54) is 6.07 Å². The van der Waals surface area contributed by atoms with Crippen LogP contribution in [0.15, 0.2) is 30.7 Å². The van der Waals surface area contributed by atoms with Gasteiger partial charge in [0.2, 0.25) is 0 Å². The molecule has 0 spiro atoms. The number of nitrogens with zero attached hydrogens (tertiary/aromatic N) is 3. The Balaban J connectivity index is 2.16. The molecular weight excluding hydrogens is 256 g/mol. The average Bonchev–Trinajstić information content (AvgIpc) is 2.86. The summed E-state index contributed by atoms with van der Waals surface area (Å²) in [5.41, 5.74) is 2.89. The number of non-ortho nitro benzene ring substituents is 1. The van der Waals surface area contributed by atoms with Gasteiger partial charge in [0.05, 0.1) is 23.5 Å². The van der Waals surface area contributed by atoms with Crippen molar-refractivity contribution in [3.8, 4) is 0 Å². The largest absolute Gasteiger partial charge is 0.379 e. The predicted octanol–water partition coefficient (Wildman–Crippen LogP) is 3.29. The highest BCUT2D eigenvalue weighted by Crippen LogP contribution is 2.22. The van der Waals surface area contributed by atoms with Crippen LogP contribution in [0.3, 0.4) is 0 Å². The van der Waals surface area contributed by atoms with Gasteiger partial charge in [-0.15, -0.1) is 0 Å². The Morgan fingerprint density at radius 3 is 2.85 bits per heavy atom. The summed E-state index contributed by atoms with van der Waals surface area (Å²) in [6.07, 6.45) is 3.60. The molecule has 1 aromatic carbocycles. The minimum atomic E-state index is -0.386. The maximum absolute atomic E-state index is 10.8. The summed E-state index contributed by atoms with van der Waals surface area (Å²) >= 11 is 0. The van der Waals surface area contributed by atoms with Gasteiger partial charge in [-0.25, -0.2) is 4.98 Å². The zero-order valence-corrected chi connectivity index (χ0v) is 11.8. The fourth-order valence-electron chi connectivity index (χ4n) is 2.03. The molecule has 2 rings (SSSR count). The van der Waals surface area contributed by atoms with Crippen molar-refractivity contribution in [2.45, 2.75) is 33.4 Å². The fourth-order valence-corrected chi connectivity index (χ4v) is 2.03. The zero-order chi connectivity index (χ0) is 14.7. The molecule has 106 valence electrons. The number of aromatic nitrogens is 2. The Bertz CT molecular complexity index is 619. The topological polar surface area (TPSA) is 73.0 Å². The number of hydrogen-bond acceptors (Lipinski definition) is 4. The zero-order valence-electron chi connectivity index (χ0n) is 11.8. The summed E-state index contributed by atoms with van der Waals surface area (Å²) in [7, 11) is 0. The minimum absolute atomic E-state index is 0.0930. The number of imidazole rings is 1. The monoisotopic (exact) mass is 274 g/mol. The standard InChI is InChI=1S/C14H18N4O2/c1-10(2)17-9-15-7-13(17)8-16-14-6-12(18(19)20)5-4-11(14)3/h4-7,9-10,16H,8H2,1-3H3. The van der Waals surface area contributed by atoms with Crippen molar-refractivity contribution < 1.29 is 4.92 Å². The van der Waals surface area contributed by atoms with Crippen LogP contribution in [0.2, 0.25) is 0 Å². The van der Waals surface area contributed by atoms with E-state index in [4.69, 9.17) is 0 Å². The second-order valence-corrected chi connectivity index (χ2v) is 5.00. The number of nitrogens with one attached hydrogen (secondary N) is 1. The number of nitro groups is 1. The summed E-state index contributed by atoms with van der Waals surface area (Å²) in [5, 5.41) is 14.0. The first-order valence-electron chi connectivity index (χ1n) is 6.48. The Kier molecular flexibility index (Phi) is 4.02. The van der Waals surface area contributed by atoms with E-state index in [1.54, 1.807) is 24.7 Å². The van der Waals surface area contributed by atoms with E-state index in [-0.39, 0.29) is 10.6 Å². The predicted molar refractivity (Wildman–Crippen MR) is 77.8 cm³/mol. The molecule has 0 fully saturated rings. The first kappa shape index (κ1) is 14.0. The molecule has 0 aliphatic carbocycles. The molecule has 0 aliphatic rings. The van der Waals surface area contributed by atoms with Gasteiger partial charge < -0.3 is 9.88 Å². The lowest BCUT2D eigenvalue weighted by Gasteiger charge is -2.14. The van der Waals surface area contributed by atoms with Crippen molar-refractivity contribution in [3.63, 3.8) is 0 Å². The van der Waals surface area contributed by atoms with Gasteiger partial charge in [0.15, 0.2) is 0 Å². The third-order valence-corrected chi connectivity index (χ3v) is 3.19. The fraction of sp³-hybridized carbons (Fsp3) is 0.357. The van der Waals surface area contributed by atoms with Crippen molar-refractivity contribution in [3.05, 3.63) is 52.1 Å². The third kappa shape index (κ3) is 2.96. The second kappa shape index (κ2) is 5.73. The normalized spacial score (nSPS) is 10.8. The van der Waals surface area contributed by atoms with Crippen LogP contribution in [0.4, 0.5) is 11.4 Å². The van der Waals surface area contributed by atoms with Gasteiger partial charge in [-0.05, 0) is 26.3 Å². The summed E-state index contributed by atoms with van der Waals surface area (Å²) in [5.74, 6) is 0. The highest BCUT2D eigenvalue weighted by atomic mass is 16.6. The molecule has 6 heteroatoms. The summed E-state index contributed by atoms with van der Waals surface area (Å²) in [4.78, 5) is 14.6. The van der Waals surface area contributed by atoms with Gasteiger partial charge in [-0.2, -0.15) is 0 Å². The highest BCUT2D eigenvalue weighted by molar-refractivity contribution is 5.56. The lowest BCUT2D eigenvalue weighted by Crippen LogP contribution is -2.09. The molecule has 1 heterocycles. The Hall–Kier alpha value is -2.37. The first-order valence-corrected chi connectivity index (χ1v) is 6.48. The molecule has 6 nitrogen and oxygen atoms in total. The van der Waals surface area contributed by atoms with E-state index in [9.17, 15) is 10.1 Å². The number of hydrogen-bond donors (Lipinski definition) is 1. The number of rotatable bonds is 5. The minimum Gasteiger partial charge on any atom is -0.379 e.